The van der Waals surface area contributed by atoms with Crippen LogP contribution >= 0.6 is 11.3 Å². The first-order valence-electron chi connectivity index (χ1n) is 6.89. The normalized spacial score (nSPS) is 12.5. The Labute approximate surface area is 128 Å². The Hall–Kier alpha value is -2.14. The van der Waals surface area contributed by atoms with E-state index in [4.69, 9.17) is 5.73 Å². The van der Waals surface area contributed by atoms with Crippen molar-refractivity contribution in [3.63, 3.8) is 0 Å². The molecule has 0 fully saturated rings. The first-order valence-corrected chi connectivity index (χ1v) is 7.71. The summed E-state index contributed by atoms with van der Waals surface area (Å²) in [7, 11) is 0. The lowest BCUT2D eigenvalue weighted by molar-refractivity contribution is 0.879. The minimum absolute atomic E-state index is 0.0870. The van der Waals surface area contributed by atoms with E-state index in [1.165, 1.54) is 10.4 Å². The summed E-state index contributed by atoms with van der Waals surface area (Å²) < 4.78 is 0. The number of hydrogen-bond donors (Lipinski definition) is 2. The number of thiophene rings is 1. The Kier molecular flexibility index (Phi) is 3.51. The molecule has 0 aliphatic heterocycles. The number of aromatic nitrogens is 2. The Bertz CT molecular complexity index is 794. The molecule has 0 aliphatic rings. The number of nitrogens with zero attached hydrogens (tertiary/aromatic N) is 2. The van der Waals surface area contributed by atoms with Crippen LogP contribution in [0.25, 0.3) is 10.2 Å². The molecule has 5 heteroatoms. The van der Waals surface area contributed by atoms with Gasteiger partial charge in [-0.15, -0.1) is 11.3 Å². The average molecular weight is 298 g/mol. The quantitative estimate of drug-likeness (QED) is 0.716. The largest absolute Gasteiger partial charge is 0.398 e. The molecular formula is C16H18N4S. The molecule has 2 heterocycles. The van der Waals surface area contributed by atoms with Crippen LogP contribution in [-0.4, -0.2) is 9.97 Å². The molecular weight excluding hydrogens is 280 g/mol. The SMILES string of the molecule is Cc1sc2ncnc(NC(C)c3ccccc3N)c2c1C. The van der Waals surface area contributed by atoms with Crippen LogP contribution in [0.3, 0.4) is 0 Å². The highest BCUT2D eigenvalue weighted by molar-refractivity contribution is 7.18. The molecule has 0 aliphatic carbocycles. The summed E-state index contributed by atoms with van der Waals surface area (Å²) in [4.78, 5) is 11.1. The molecule has 0 spiro atoms. The Morgan fingerprint density at radius 3 is 2.71 bits per heavy atom. The van der Waals surface area contributed by atoms with Gasteiger partial charge in [0.1, 0.15) is 17.0 Å². The topological polar surface area (TPSA) is 63.8 Å². The summed E-state index contributed by atoms with van der Waals surface area (Å²) >= 11 is 1.70. The van der Waals surface area contributed by atoms with Crippen LogP contribution in [0.4, 0.5) is 11.5 Å². The van der Waals surface area contributed by atoms with E-state index in [2.05, 4.69) is 36.1 Å². The number of rotatable bonds is 3. The van der Waals surface area contributed by atoms with Crippen molar-refractivity contribution in [1.82, 2.24) is 9.97 Å². The van der Waals surface area contributed by atoms with Gasteiger partial charge in [0.2, 0.25) is 0 Å². The van der Waals surface area contributed by atoms with Gasteiger partial charge in [-0.1, -0.05) is 18.2 Å². The highest BCUT2D eigenvalue weighted by atomic mass is 32.1. The maximum Gasteiger partial charge on any atom is 0.138 e. The van der Waals surface area contributed by atoms with Gasteiger partial charge in [0, 0.05) is 10.6 Å². The van der Waals surface area contributed by atoms with Crippen LogP contribution in [0.5, 0.6) is 0 Å². The number of nitrogen functional groups attached to an aromatic ring is 1. The first kappa shape index (κ1) is 13.8. The molecule has 4 nitrogen and oxygen atoms in total. The highest BCUT2D eigenvalue weighted by Gasteiger charge is 2.15. The second-order valence-electron chi connectivity index (χ2n) is 5.18. The monoisotopic (exact) mass is 298 g/mol. The zero-order valence-corrected chi connectivity index (χ0v) is 13.2. The average Bonchev–Trinajstić information content (AvgIpc) is 2.75. The van der Waals surface area contributed by atoms with E-state index in [0.717, 1.165) is 27.3 Å². The van der Waals surface area contributed by atoms with Crippen LogP contribution in [0.2, 0.25) is 0 Å². The van der Waals surface area contributed by atoms with Gasteiger partial charge < -0.3 is 11.1 Å². The van der Waals surface area contributed by atoms with Gasteiger partial charge in [-0.2, -0.15) is 0 Å². The van der Waals surface area contributed by atoms with Crippen LogP contribution < -0.4 is 11.1 Å². The minimum atomic E-state index is 0.0870. The Morgan fingerprint density at radius 2 is 1.95 bits per heavy atom. The van der Waals surface area contributed by atoms with Gasteiger partial charge in [-0.3, -0.25) is 0 Å². The number of benzene rings is 1. The summed E-state index contributed by atoms with van der Waals surface area (Å²) in [6.07, 6.45) is 1.61. The fourth-order valence-corrected chi connectivity index (χ4v) is 3.48. The summed E-state index contributed by atoms with van der Waals surface area (Å²) in [5.74, 6) is 0.873. The molecule has 108 valence electrons. The smallest absolute Gasteiger partial charge is 0.138 e. The van der Waals surface area contributed by atoms with E-state index >= 15 is 0 Å². The van der Waals surface area contributed by atoms with Crippen molar-refractivity contribution in [2.45, 2.75) is 26.8 Å². The molecule has 1 unspecified atom stereocenters. The van der Waals surface area contributed by atoms with Gasteiger partial charge in [-0.25, -0.2) is 9.97 Å². The van der Waals surface area contributed by atoms with Gasteiger partial charge in [-0.05, 0) is 38.0 Å². The fraction of sp³-hybridized carbons (Fsp3) is 0.250. The van der Waals surface area contributed by atoms with Crippen molar-refractivity contribution in [1.29, 1.82) is 0 Å². The van der Waals surface area contributed by atoms with Crippen molar-refractivity contribution in [3.05, 3.63) is 46.6 Å². The van der Waals surface area contributed by atoms with Crippen LogP contribution in [0.1, 0.15) is 29.0 Å². The predicted octanol–water partition coefficient (Wildman–Crippen LogP) is 4.06. The van der Waals surface area contributed by atoms with Crippen LogP contribution in [0.15, 0.2) is 30.6 Å². The molecule has 3 aromatic rings. The van der Waals surface area contributed by atoms with Gasteiger partial charge in [0.25, 0.3) is 0 Å². The third-order valence-corrected chi connectivity index (χ3v) is 4.90. The van der Waals surface area contributed by atoms with Gasteiger partial charge in [0.15, 0.2) is 0 Å². The lowest BCUT2D eigenvalue weighted by atomic mass is 10.1. The molecule has 1 aromatic carbocycles. The minimum Gasteiger partial charge on any atom is -0.398 e. The third-order valence-electron chi connectivity index (χ3n) is 3.78. The van der Waals surface area contributed by atoms with Crippen molar-refractivity contribution in [2.75, 3.05) is 11.1 Å². The predicted molar refractivity (Wildman–Crippen MR) is 89.8 cm³/mol. The number of anilines is 2. The van der Waals surface area contributed by atoms with E-state index in [1.54, 1.807) is 17.7 Å². The summed E-state index contributed by atoms with van der Waals surface area (Å²) in [6.45, 7) is 6.32. The first-order chi connectivity index (χ1) is 10.1. The highest BCUT2D eigenvalue weighted by Crippen LogP contribution is 2.34. The van der Waals surface area contributed by atoms with E-state index in [1.807, 2.05) is 24.3 Å². The van der Waals surface area contributed by atoms with Crippen molar-refractivity contribution in [2.24, 2.45) is 0 Å². The number of fused-ring (bicyclic) bond motifs is 1. The summed E-state index contributed by atoms with van der Waals surface area (Å²) in [6, 6.07) is 7.99. The molecule has 0 radical (unpaired) electrons. The van der Waals surface area contributed by atoms with Gasteiger partial charge in [0.05, 0.1) is 11.4 Å². The number of nitrogens with two attached hydrogens (primary N) is 1. The van der Waals surface area contributed by atoms with Gasteiger partial charge >= 0.3 is 0 Å². The number of para-hydroxylation sites is 1. The molecule has 0 saturated carbocycles. The maximum absolute atomic E-state index is 6.05. The number of aryl methyl sites for hydroxylation is 2. The van der Waals surface area contributed by atoms with Crippen molar-refractivity contribution < 1.29 is 0 Å². The molecule has 0 bridgehead atoms. The lowest BCUT2D eigenvalue weighted by Gasteiger charge is -2.17. The zero-order chi connectivity index (χ0) is 15.0. The molecule has 1 atom stereocenters. The third kappa shape index (κ3) is 2.45. The molecule has 0 saturated heterocycles. The second-order valence-corrected chi connectivity index (χ2v) is 6.38. The van der Waals surface area contributed by atoms with E-state index in [-0.39, 0.29) is 6.04 Å². The van der Waals surface area contributed by atoms with E-state index in [0.29, 0.717) is 0 Å². The van der Waals surface area contributed by atoms with E-state index < -0.39 is 0 Å². The summed E-state index contributed by atoms with van der Waals surface area (Å²) in [5.41, 5.74) is 9.16. The van der Waals surface area contributed by atoms with E-state index in [9.17, 15) is 0 Å². The molecule has 3 rings (SSSR count). The molecule has 0 amide bonds. The summed E-state index contributed by atoms with van der Waals surface area (Å²) in [5, 5.41) is 4.58. The standard InChI is InChI=1S/C16H18N4S/c1-9-11(3)21-16-14(9)15(18-8-19-16)20-10(2)12-6-4-5-7-13(12)17/h4-8,10H,17H2,1-3H3,(H,18,19,20). The second kappa shape index (κ2) is 5.33. The zero-order valence-electron chi connectivity index (χ0n) is 12.3. The Balaban J connectivity index is 2.00. The molecule has 21 heavy (non-hydrogen) atoms. The molecule has 3 N–H and O–H groups in total. The Morgan fingerprint density at radius 1 is 1.19 bits per heavy atom. The number of hydrogen-bond acceptors (Lipinski definition) is 5. The lowest BCUT2D eigenvalue weighted by Crippen LogP contribution is -2.10. The van der Waals surface area contributed by atoms with Crippen LogP contribution in [-0.2, 0) is 0 Å². The molecule has 2 aromatic heterocycles. The fourth-order valence-electron chi connectivity index (χ4n) is 2.48. The number of nitrogens with one attached hydrogen (secondary N) is 1. The maximum atomic E-state index is 6.05. The van der Waals surface area contributed by atoms with Crippen molar-refractivity contribution >= 4 is 33.1 Å². The van der Waals surface area contributed by atoms with Crippen molar-refractivity contribution in [3.8, 4) is 0 Å². The van der Waals surface area contributed by atoms with Crippen LogP contribution in [0, 0.1) is 13.8 Å².